The van der Waals surface area contributed by atoms with Crippen molar-refractivity contribution in [2.24, 2.45) is 0 Å². The molecule has 0 aliphatic carbocycles. The molecule has 0 saturated carbocycles. The third-order valence-corrected chi connectivity index (χ3v) is 3.85. The molecule has 0 bridgehead atoms. The molecule has 26 heavy (non-hydrogen) atoms. The third-order valence-electron chi connectivity index (χ3n) is 3.59. The van der Waals surface area contributed by atoms with Gasteiger partial charge in [-0.25, -0.2) is 4.68 Å². The van der Waals surface area contributed by atoms with Crippen LogP contribution in [0.3, 0.4) is 0 Å². The number of benzene rings is 1. The molecule has 140 valence electrons. The molecule has 0 fully saturated rings. The van der Waals surface area contributed by atoms with Crippen molar-refractivity contribution < 1.29 is 9.59 Å². The number of hydrogen-bond acceptors (Lipinski definition) is 3. The van der Waals surface area contributed by atoms with Gasteiger partial charge in [0.1, 0.15) is 0 Å². The van der Waals surface area contributed by atoms with Crippen LogP contribution in [0, 0.1) is 0 Å². The van der Waals surface area contributed by atoms with Gasteiger partial charge in [-0.3, -0.25) is 9.59 Å². The number of carbonyl (C=O) groups excluding carboxylic acids is 2. The van der Waals surface area contributed by atoms with E-state index in [0.717, 1.165) is 11.4 Å². The van der Waals surface area contributed by atoms with Crippen LogP contribution < -0.4 is 10.6 Å². The molecule has 0 aliphatic rings. The minimum Gasteiger partial charge on any atom is -0.350 e. The van der Waals surface area contributed by atoms with E-state index >= 15 is 0 Å². The highest BCUT2D eigenvalue weighted by molar-refractivity contribution is 6.30. The van der Waals surface area contributed by atoms with Crippen molar-refractivity contribution in [2.75, 3.05) is 6.54 Å². The number of aromatic nitrogens is 2. The molecule has 1 aromatic heterocycles. The van der Waals surface area contributed by atoms with Crippen LogP contribution in [0.5, 0.6) is 0 Å². The molecule has 2 rings (SSSR count). The van der Waals surface area contributed by atoms with Crippen molar-refractivity contribution in [2.45, 2.75) is 46.1 Å². The van der Waals surface area contributed by atoms with Crippen LogP contribution in [0.25, 0.3) is 5.69 Å². The molecular weight excluding hydrogens is 352 g/mol. The quantitative estimate of drug-likeness (QED) is 0.840. The first-order chi connectivity index (χ1) is 12.1. The lowest BCUT2D eigenvalue weighted by atomic mass is 10.0. The lowest BCUT2D eigenvalue weighted by Crippen LogP contribution is -2.45. The molecule has 6 nitrogen and oxygen atoms in total. The Labute approximate surface area is 158 Å². The first kappa shape index (κ1) is 20.0. The van der Waals surface area contributed by atoms with E-state index < -0.39 is 0 Å². The van der Waals surface area contributed by atoms with Crippen LogP contribution in [-0.4, -0.2) is 33.7 Å². The standard InChI is InChI=1S/C19H25ClN4O2/c1-12(2)17-15(18(26)21-11-16(25)23-19(3,4)5)10-22-24(17)14-8-6-13(20)7-9-14/h6-10,12H,11H2,1-5H3,(H,21,26)(H,23,25). The molecule has 0 aliphatic heterocycles. The number of hydrogen-bond donors (Lipinski definition) is 2. The highest BCUT2D eigenvalue weighted by Crippen LogP contribution is 2.24. The predicted molar refractivity (Wildman–Crippen MR) is 103 cm³/mol. The molecule has 2 amide bonds. The Kier molecular flexibility index (Phi) is 6.08. The monoisotopic (exact) mass is 376 g/mol. The summed E-state index contributed by atoms with van der Waals surface area (Å²) in [7, 11) is 0. The minimum absolute atomic E-state index is 0.0670. The Morgan fingerprint density at radius 2 is 1.81 bits per heavy atom. The van der Waals surface area contributed by atoms with Crippen molar-refractivity contribution >= 4 is 23.4 Å². The molecule has 0 saturated heterocycles. The largest absolute Gasteiger partial charge is 0.350 e. The van der Waals surface area contributed by atoms with Crippen molar-refractivity contribution in [3.63, 3.8) is 0 Å². The van der Waals surface area contributed by atoms with Gasteiger partial charge in [-0.15, -0.1) is 0 Å². The first-order valence-corrected chi connectivity index (χ1v) is 8.89. The number of amides is 2. The second-order valence-corrected chi connectivity index (χ2v) is 7.90. The van der Waals surface area contributed by atoms with Gasteiger partial charge in [0.15, 0.2) is 0 Å². The zero-order chi connectivity index (χ0) is 19.5. The van der Waals surface area contributed by atoms with E-state index in [1.165, 1.54) is 6.20 Å². The zero-order valence-electron chi connectivity index (χ0n) is 15.8. The zero-order valence-corrected chi connectivity index (χ0v) is 16.5. The number of nitrogens with one attached hydrogen (secondary N) is 2. The maximum atomic E-state index is 12.6. The summed E-state index contributed by atoms with van der Waals surface area (Å²) in [6, 6.07) is 7.25. The van der Waals surface area contributed by atoms with Gasteiger partial charge in [-0.2, -0.15) is 5.10 Å². The molecular formula is C19H25ClN4O2. The van der Waals surface area contributed by atoms with E-state index in [9.17, 15) is 9.59 Å². The molecule has 1 heterocycles. The molecule has 0 radical (unpaired) electrons. The summed E-state index contributed by atoms with van der Waals surface area (Å²) < 4.78 is 1.73. The molecule has 0 atom stereocenters. The van der Waals surface area contributed by atoms with Gasteiger partial charge in [-0.05, 0) is 51.0 Å². The fourth-order valence-electron chi connectivity index (χ4n) is 2.59. The van der Waals surface area contributed by atoms with Gasteiger partial charge in [0, 0.05) is 10.6 Å². The highest BCUT2D eigenvalue weighted by Gasteiger charge is 2.22. The summed E-state index contributed by atoms with van der Waals surface area (Å²) in [5.41, 5.74) is 1.71. The Hall–Kier alpha value is -2.34. The van der Waals surface area contributed by atoms with Crippen molar-refractivity contribution in [1.82, 2.24) is 20.4 Å². The number of carbonyl (C=O) groups is 2. The molecule has 2 N–H and O–H groups in total. The smallest absolute Gasteiger partial charge is 0.255 e. The predicted octanol–water partition coefficient (Wildman–Crippen LogP) is 3.29. The molecule has 0 spiro atoms. The number of rotatable bonds is 5. The van der Waals surface area contributed by atoms with E-state index in [1.807, 2.05) is 46.8 Å². The number of halogens is 1. The van der Waals surface area contributed by atoms with E-state index in [2.05, 4.69) is 15.7 Å². The lowest BCUT2D eigenvalue weighted by molar-refractivity contribution is -0.121. The summed E-state index contributed by atoms with van der Waals surface area (Å²) in [6.07, 6.45) is 1.53. The van der Waals surface area contributed by atoms with Crippen LogP contribution in [0.4, 0.5) is 0 Å². The maximum absolute atomic E-state index is 12.6. The second-order valence-electron chi connectivity index (χ2n) is 7.47. The Balaban J connectivity index is 2.20. The van der Waals surface area contributed by atoms with E-state index in [-0.39, 0.29) is 29.8 Å². The van der Waals surface area contributed by atoms with Gasteiger partial charge in [0.2, 0.25) is 5.91 Å². The van der Waals surface area contributed by atoms with Gasteiger partial charge in [-0.1, -0.05) is 25.4 Å². The topological polar surface area (TPSA) is 76.0 Å². The summed E-state index contributed by atoms with van der Waals surface area (Å²) >= 11 is 5.94. The van der Waals surface area contributed by atoms with Crippen LogP contribution in [0.15, 0.2) is 30.5 Å². The fraction of sp³-hybridized carbons (Fsp3) is 0.421. The normalized spacial score (nSPS) is 11.5. The van der Waals surface area contributed by atoms with Crippen LogP contribution in [0.2, 0.25) is 5.02 Å². The number of nitrogens with zero attached hydrogens (tertiary/aromatic N) is 2. The molecule has 2 aromatic rings. The summed E-state index contributed by atoms with van der Waals surface area (Å²) in [5, 5.41) is 10.5. The third kappa shape index (κ3) is 5.08. The SMILES string of the molecule is CC(C)c1c(C(=O)NCC(=O)NC(C)(C)C)cnn1-c1ccc(Cl)cc1. The Morgan fingerprint density at radius 1 is 1.19 bits per heavy atom. The van der Waals surface area contributed by atoms with Gasteiger partial charge in [0.25, 0.3) is 5.91 Å². The minimum atomic E-state index is -0.343. The maximum Gasteiger partial charge on any atom is 0.255 e. The Bertz CT molecular complexity index is 789. The van der Waals surface area contributed by atoms with E-state index in [4.69, 9.17) is 11.6 Å². The summed E-state index contributed by atoms with van der Waals surface area (Å²) in [5.74, 6) is -0.489. The molecule has 1 aromatic carbocycles. The summed E-state index contributed by atoms with van der Waals surface area (Å²) in [4.78, 5) is 24.5. The first-order valence-electron chi connectivity index (χ1n) is 8.51. The van der Waals surface area contributed by atoms with Gasteiger partial charge in [0.05, 0.1) is 29.7 Å². The molecule has 7 heteroatoms. The second kappa shape index (κ2) is 7.91. The average molecular weight is 377 g/mol. The van der Waals surface area contributed by atoms with Crippen molar-refractivity contribution in [3.05, 3.63) is 46.7 Å². The Morgan fingerprint density at radius 3 is 2.35 bits per heavy atom. The van der Waals surface area contributed by atoms with Crippen LogP contribution >= 0.6 is 11.6 Å². The van der Waals surface area contributed by atoms with E-state index in [1.54, 1.807) is 16.8 Å². The van der Waals surface area contributed by atoms with Crippen LogP contribution in [0.1, 0.15) is 56.6 Å². The summed E-state index contributed by atoms with van der Waals surface area (Å²) in [6.45, 7) is 9.57. The lowest BCUT2D eigenvalue weighted by Gasteiger charge is -2.20. The van der Waals surface area contributed by atoms with Gasteiger partial charge >= 0.3 is 0 Å². The van der Waals surface area contributed by atoms with Crippen molar-refractivity contribution in [1.29, 1.82) is 0 Å². The average Bonchev–Trinajstić information content (AvgIpc) is 2.97. The molecule has 0 unspecified atom stereocenters. The highest BCUT2D eigenvalue weighted by atomic mass is 35.5. The van der Waals surface area contributed by atoms with Crippen molar-refractivity contribution in [3.8, 4) is 5.69 Å². The fourth-order valence-corrected chi connectivity index (χ4v) is 2.72. The van der Waals surface area contributed by atoms with Gasteiger partial charge < -0.3 is 10.6 Å². The van der Waals surface area contributed by atoms with Crippen LogP contribution in [-0.2, 0) is 4.79 Å². The van der Waals surface area contributed by atoms with E-state index in [0.29, 0.717) is 10.6 Å².